The highest BCUT2D eigenvalue weighted by molar-refractivity contribution is 5.96. The van der Waals surface area contributed by atoms with Gasteiger partial charge in [-0.15, -0.1) is 0 Å². The van der Waals surface area contributed by atoms with Crippen LogP contribution in [0.5, 0.6) is 0 Å². The van der Waals surface area contributed by atoms with E-state index in [2.05, 4.69) is 4.98 Å². The number of carboxylic acid groups (broad SMARTS) is 1. The van der Waals surface area contributed by atoms with Crippen molar-refractivity contribution >= 4 is 16.9 Å². The number of aryl methyl sites for hydroxylation is 1. The van der Waals surface area contributed by atoms with Crippen LogP contribution in [-0.2, 0) is 0 Å². The summed E-state index contributed by atoms with van der Waals surface area (Å²) < 4.78 is 0. The van der Waals surface area contributed by atoms with Crippen molar-refractivity contribution in [2.45, 2.75) is 6.92 Å². The minimum Gasteiger partial charge on any atom is -0.478 e. The quantitative estimate of drug-likeness (QED) is 0.744. The van der Waals surface area contributed by atoms with Gasteiger partial charge in [0.1, 0.15) is 0 Å². The van der Waals surface area contributed by atoms with Gasteiger partial charge in [-0.2, -0.15) is 0 Å². The van der Waals surface area contributed by atoms with Crippen molar-refractivity contribution in [3.05, 3.63) is 41.6 Å². The molecule has 3 heteroatoms. The fourth-order valence-corrected chi connectivity index (χ4v) is 1.53. The Morgan fingerprint density at radius 2 is 2.14 bits per heavy atom. The van der Waals surface area contributed by atoms with Crippen LogP contribution in [-0.4, -0.2) is 16.1 Å². The standard InChI is InChI=1S/C11H9NO2/c1-7-8-3-2-6-12-10(8)5-4-9(7)11(13)14/h2-6H,1H3,(H,13,14). The van der Waals surface area contributed by atoms with Crippen LogP contribution in [0.2, 0.25) is 0 Å². The molecule has 0 aliphatic rings. The van der Waals surface area contributed by atoms with Crippen LogP contribution in [0.4, 0.5) is 0 Å². The van der Waals surface area contributed by atoms with Gasteiger partial charge in [0, 0.05) is 11.6 Å². The zero-order valence-corrected chi connectivity index (χ0v) is 7.69. The summed E-state index contributed by atoms with van der Waals surface area (Å²) in [6.07, 6.45) is 1.70. The molecular formula is C11H9NO2. The number of rotatable bonds is 1. The number of hydrogen-bond donors (Lipinski definition) is 1. The lowest BCUT2D eigenvalue weighted by atomic mass is 10.0. The molecule has 2 aromatic rings. The third-order valence-electron chi connectivity index (χ3n) is 2.28. The zero-order chi connectivity index (χ0) is 10.1. The van der Waals surface area contributed by atoms with Gasteiger partial charge in [-0.05, 0) is 30.7 Å². The van der Waals surface area contributed by atoms with E-state index in [0.717, 1.165) is 16.5 Å². The molecule has 0 unspecified atom stereocenters. The largest absolute Gasteiger partial charge is 0.478 e. The summed E-state index contributed by atoms with van der Waals surface area (Å²) in [5, 5.41) is 9.80. The molecule has 1 aromatic heterocycles. The average molecular weight is 187 g/mol. The molecule has 0 saturated carbocycles. The van der Waals surface area contributed by atoms with Crippen molar-refractivity contribution in [2.24, 2.45) is 0 Å². The first-order chi connectivity index (χ1) is 6.70. The second-order valence-corrected chi connectivity index (χ2v) is 3.11. The molecular weight excluding hydrogens is 178 g/mol. The Hall–Kier alpha value is -1.90. The maximum Gasteiger partial charge on any atom is 0.335 e. The van der Waals surface area contributed by atoms with E-state index in [1.54, 1.807) is 31.3 Å². The highest BCUT2D eigenvalue weighted by Crippen LogP contribution is 2.19. The van der Waals surface area contributed by atoms with Crippen LogP contribution in [0.25, 0.3) is 10.9 Å². The molecule has 0 saturated heterocycles. The van der Waals surface area contributed by atoms with Gasteiger partial charge in [0.15, 0.2) is 0 Å². The Kier molecular flexibility index (Phi) is 1.93. The Balaban J connectivity index is 2.81. The lowest BCUT2D eigenvalue weighted by molar-refractivity contribution is 0.0696. The fourth-order valence-electron chi connectivity index (χ4n) is 1.53. The maximum atomic E-state index is 10.8. The Morgan fingerprint density at radius 1 is 1.36 bits per heavy atom. The molecule has 0 bridgehead atoms. The molecule has 1 heterocycles. The number of aromatic carboxylic acids is 1. The number of nitrogens with zero attached hydrogens (tertiary/aromatic N) is 1. The number of aromatic nitrogens is 1. The van der Waals surface area contributed by atoms with E-state index in [9.17, 15) is 4.79 Å². The molecule has 0 aliphatic carbocycles. The predicted octanol–water partition coefficient (Wildman–Crippen LogP) is 2.24. The second-order valence-electron chi connectivity index (χ2n) is 3.11. The van der Waals surface area contributed by atoms with E-state index in [0.29, 0.717) is 5.56 Å². The van der Waals surface area contributed by atoms with E-state index < -0.39 is 5.97 Å². The first kappa shape index (κ1) is 8.69. The van der Waals surface area contributed by atoms with E-state index in [1.165, 1.54) is 0 Å². The van der Waals surface area contributed by atoms with Gasteiger partial charge in [0.05, 0.1) is 11.1 Å². The lowest BCUT2D eigenvalue weighted by Gasteiger charge is -2.04. The first-order valence-electron chi connectivity index (χ1n) is 4.28. The molecule has 1 aromatic carbocycles. The third-order valence-corrected chi connectivity index (χ3v) is 2.28. The van der Waals surface area contributed by atoms with Gasteiger partial charge in [-0.1, -0.05) is 6.07 Å². The van der Waals surface area contributed by atoms with Gasteiger partial charge < -0.3 is 5.11 Å². The number of pyridine rings is 1. The zero-order valence-electron chi connectivity index (χ0n) is 7.69. The van der Waals surface area contributed by atoms with Crippen molar-refractivity contribution in [1.82, 2.24) is 4.98 Å². The number of carbonyl (C=O) groups is 1. The van der Waals surface area contributed by atoms with Crippen LogP contribution >= 0.6 is 0 Å². The van der Waals surface area contributed by atoms with Gasteiger partial charge in [0.25, 0.3) is 0 Å². The summed E-state index contributed by atoms with van der Waals surface area (Å²) in [6, 6.07) is 7.00. The number of fused-ring (bicyclic) bond motifs is 1. The molecule has 1 N–H and O–H groups in total. The SMILES string of the molecule is Cc1c(C(=O)O)ccc2ncccc12. The smallest absolute Gasteiger partial charge is 0.335 e. The summed E-state index contributed by atoms with van der Waals surface area (Å²) in [7, 11) is 0. The summed E-state index contributed by atoms with van der Waals surface area (Å²) in [6.45, 7) is 1.80. The summed E-state index contributed by atoms with van der Waals surface area (Å²) in [5.41, 5.74) is 1.93. The predicted molar refractivity (Wildman–Crippen MR) is 53.4 cm³/mol. The highest BCUT2D eigenvalue weighted by atomic mass is 16.4. The number of hydrogen-bond acceptors (Lipinski definition) is 2. The van der Waals surface area contributed by atoms with E-state index in [-0.39, 0.29) is 0 Å². The highest BCUT2D eigenvalue weighted by Gasteiger charge is 2.09. The van der Waals surface area contributed by atoms with Gasteiger partial charge in [0.2, 0.25) is 0 Å². The molecule has 0 spiro atoms. The Labute approximate surface area is 81.0 Å². The van der Waals surface area contributed by atoms with Gasteiger partial charge in [-0.25, -0.2) is 4.79 Å². The van der Waals surface area contributed by atoms with E-state index >= 15 is 0 Å². The molecule has 70 valence electrons. The average Bonchev–Trinajstić information content (AvgIpc) is 2.18. The van der Waals surface area contributed by atoms with Crippen LogP contribution < -0.4 is 0 Å². The minimum absolute atomic E-state index is 0.338. The molecule has 0 atom stereocenters. The third kappa shape index (κ3) is 1.23. The van der Waals surface area contributed by atoms with Crippen LogP contribution in [0.1, 0.15) is 15.9 Å². The monoisotopic (exact) mass is 187 g/mol. The van der Waals surface area contributed by atoms with Crippen molar-refractivity contribution in [2.75, 3.05) is 0 Å². The molecule has 3 nitrogen and oxygen atoms in total. The second kappa shape index (κ2) is 3.10. The molecule has 0 radical (unpaired) electrons. The minimum atomic E-state index is -0.895. The Morgan fingerprint density at radius 3 is 2.86 bits per heavy atom. The molecule has 0 amide bonds. The van der Waals surface area contributed by atoms with Crippen molar-refractivity contribution in [3.8, 4) is 0 Å². The molecule has 0 aliphatic heterocycles. The lowest BCUT2D eigenvalue weighted by Crippen LogP contribution is -2.00. The van der Waals surface area contributed by atoms with E-state index in [1.807, 2.05) is 6.07 Å². The topological polar surface area (TPSA) is 50.2 Å². The molecule has 14 heavy (non-hydrogen) atoms. The van der Waals surface area contributed by atoms with Crippen molar-refractivity contribution in [3.63, 3.8) is 0 Å². The van der Waals surface area contributed by atoms with Crippen LogP contribution in [0, 0.1) is 6.92 Å². The summed E-state index contributed by atoms with van der Waals surface area (Å²) in [5.74, 6) is -0.895. The summed E-state index contributed by atoms with van der Waals surface area (Å²) in [4.78, 5) is 15.0. The first-order valence-corrected chi connectivity index (χ1v) is 4.28. The van der Waals surface area contributed by atoms with E-state index in [4.69, 9.17) is 5.11 Å². The maximum absolute atomic E-state index is 10.8. The molecule has 2 rings (SSSR count). The van der Waals surface area contributed by atoms with Gasteiger partial charge in [-0.3, -0.25) is 4.98 Å². The van der Waals surface area contributed by atoms with Crippen LogP contribution in [0.15, 0.2) is 30.5 Å². The van der Waals surface area contributed by atoms with Crippen LogP contribution in [0.3, 0.4) is 0 Å². The van der Waals surface area contributed by atoms with Crippen molar-refractivity contribution < 1.29 is 9.90 Å². The van der Waals surface area contributed by atoms with Gasteiger partial charge >= 0.3 is 5.97 Å². The fraction of sp³-hybridized carbons (Fsp3) is 0.0909. The number of benzene rings is 1. The number of carboxylic acids is 1. The Bertz CT molecular complexity index is 506. The summed E-state index contributed by atoms with van der Waals surface area (Å²) >= 11 is 0. The van der Waals surface area contributed by atoms with Crippen molar-refractivity contribution in [1.29, 1.82) is 0 Å². The normalized spacial score (nSPS) is 10.4. The molecule has 0 fully saturated rings.